The van der Waals surface area contributed by atoms with Crippen LogP contribution < -0.4 is 11.1 Å². The third-order valence-electron chi connectivity index (χ3n) is 4.73. The summed E-state index contributed by atoms with van der Waals surface area (Å²) in [5, 5.41) is 3.22. The molecule has 2 aliphatic rings. The highest BCUT2D eigenvalue weighted by molar-refractivity contribution is 5.78. The molecule has 1 aliphatic carbocycles. The Labute approximate surface area is 110 Å². The minimum atomic E-state index is 0.176. The van der Waals surface area contributed by atoms with E-state index < -0.39 is 0 Å². The van der Waals surface area contributed by atoms with Gasteiger partial charge in [0.2, 0.25) is 5.91 Å². The van der Waals surface area contributed by atoms with E-state index in [0.29, 0.717) is 18.5 Å². The van der Waals surface area contributed by atoms with Crippen LogP contribution in [0.5, 0.6) is 0 Å². The number of hydrogen-bond donors (Lipinski definition) is 2. The topological polar surface area (TPSA) is 58.4 Å². The Morgan fingerprint density at radius 2 is 2.11 bits per heavy atom. The molecule has 0 aromatic carbocycles. The Morgan fingerprint density at radius 1 is 1.33 bits per heavy atom. The van der Waals surface area contributed by atoms with Gasteiger partial charge in [-0.05, 0) is 24.7 Å². The number of likely N-dealkylation sites (tertiary alicyclic amines) is 1. The summed E-state index contributed by atoms with van der Waals surface area (Å²) in [7, 11) is 0. The third kappa shape index (κ3) is 3.45. The number of amides is 1. The van der Waals surface area contributed by atoms with Crippen LogP contribution in [0.2, 0.25) is 0 Å². The first-order chi connectivity index (χ1) is 8.56. The molecule has 18 heavy (non-hydrogen) atoms. The van der Waals surface area contributed by atoms with Crippen molar-refractivity contribution < 1.29 is 4.79 Å². The normalized spacial score (nSPS) is 37.7. The quantitative estimate of drug-likeness (QED) is 0.787. The fourth-order valence-electron chi connectivity index (χ4n) is 3.25. The lowest BCUT2D eigenvalue weighted by Gasteiger charge is -2.35. The molecule has 4 nitrogen and oxygen atoms in total. The maximum absolute atomic E-state index is 12.0. The monoisotopic (exact) mass is 253 g/mol. The van der Waals surface area contributed by atoms with Crippen molar-refractivity contribution in [2.24, 2.45) is 17.6 Å². The summed E-state index contributed by atoms with van der Waals surface area (Å²) in [4.78, 5) is 14.2. The second-order valence-electron chi connectivity index (χ2n) is 6.23. The summed E-state index contributed by atoms with van der Waals surface area (Å²) in [5.41, 5.74) is 5.85. The van der Waals surface area contributed by atoms with E-state index in [-0.39, 0.29) is 11.9 Å². The highest BCUT2D eigenvalue weighted by atomic mass is 16.2. The van der Waals surface area contributed by atoms with E-state index in [2.05, 4.69) is 24.1 Å². The van der Waals surface area contributed by atoms with Gasteiger partial charge in [-0.3, -0.25) is 9.69 Å². The van der Waals surface area contributed by atoms with Crippen LogP contribution in [0.1, 0.15) is 39.5 Å². The molecule has 4 heteroatoms. The highest BCUT2D eigenvalue weighted by Gasteiger charge is 2.29. The average Bonchev–Trinajstić information content (AvgIpc) is 2.70. The molecule has 0 aromatic rings. The lowest BCUT2D eigenvalue weighted by Crippen LogP contribution is -2.47. The SMILES string of the molecule is CC1CCCC(NC(=O)CN2CC[C@@H](N)C2)C1C. The second-order valence-corrected chi connectivity index (χ2v) is 6.23. The molecule has 1 amide bonds. The van der Waals surface area contributed by atoms with Crippen molar-refractivity contribution >= 4 is 5.91 Å². The highest BCUT2D eigenvalue weighted by Crippen LogP contribution is 2.29. The Balaban J connectivity index is 1.76. The fraction of sp³-hybridized carbons (Fsp3) is 0.929. The van der Waals surface area contributed by atoms with E-state index in [1.807, 2.05) is 0 Å². The lowest BCUT2D eigenvalue weighted by molar-refractivity contribution is -0.123. The Hall–Kier alpha value is -0.610. The van der Waals surface area contributed by atoms with Crippen LogP contribution in [-0.4, -0.2) is 42.5 Å². The van der Waals surface area contributed by atoms with Crippen molar-refractivity contribution in [1.82, 2.24) is 10.2 Å². The molecule has 1 saturated carbocycles. The largest absolute Gasteiger partial charge is 0.352 e. The van der Waals surface area contributed by atoms with Gasteiger partial charge in [-0.2, -0.15) is 0 Å². The van der Waals surface area contributed by atoms with E-state index in [4.69, 9.17) is 5.73 Å². The number of hydrogen-bond acceptors (Lipinski definition) is 3. The van der Waals surface area contributed by atoms with Crippen molar-refractivity contribution in [3.63, 3.8) is 0 Å². The van der Waals surface area contributed by atoms with Gasteiger partial charge in [0.25, 0.3) is 0 Å². The zero-order chi connectivity index (χ0) is 13.1. The predicted molar refractivity (Wildman–Crippen MR) is 73.1 cm³/mol. The van der Waals surface area contributed by atoms with E-state index in [1.165, 1.54) is 12.8 Å². The number of rotatable bonds is 3. The summed E-state index contributed by atoms with van der Waals surface area (Å²) in [6.07, 6.45) is 4.69. The standard InChI is InChI=1S/C14H27N3O/c1-10-4-3-5-13(11(10)2)16-14(18)9-17-7-6-12(15)8-17/h10-13H,3-9,15H2,1-2H3,(H,16,18)/t10?,11?,12-,13?/m1/s1. The van der Waals surface area contributed by atoms with Gasteiger partial charge in [-0.15, -0.1) is 0 Å². The van der Waals surface area contributed by atoms with Crippen molar-refractivity contribution in [3.8, 4) is 0 Å². The molecule has 1 heterocycles. The van der Waals surface area contributed by atoms with Crippen molar-refractivity contribution in [1.29, 1.82) is 0 Å². The van der Waals surface area contributed by atoms with Crippen LogP contribution in [0.4, 0.5) is 0 Å². The van der Waals surface area contributed by atoms with Crippen molar-refractivity contribution in [3.05, 3.63) is 0 Å². The molecule has 104 valence electrons. The zero-order valence-corrected chi connectivity index (χ0v) is 11.7. The number of nitrogens with one attached hydrogen (secondary N) is 1. The predicted octanol–water partition coefficient (Wildman–Crippen LogP) is 0.960. The summed E-state index contributed by atoms with van der Waals surface area (Å²) in [5.74, 6) is 1.50. The summed E-state index contributed by atoms with van der Waals surface area (Å²) in [6.45, 7) is 6.91. The van der Waals surface area contributed by atoms with Gasteiger partial charge in [-0.1, -0.05) is 26.7 Å². The first kappa shape index (κ1) is 13.8. The molecule has 2 fully saturated rings. The van der Waals surface area contributed by atoms with Gasteiger partial charge in [-0.25, -0.2) is 0 Å². The molecule has 3 N–H and O–H groups in total. The van der Waals surface area contributed by atoms with E-state index in [9.17, 15) is 4.79 Å². The minimum Gasteiger partial charge on any atom is -0.352 e. The molecule has 2 rings (SSSR count). The molecule has 1 aliphatic heterocycles. The molecule has 0 spiro atoms. The number of nitrogens with zero attached hydrogens (tertiary/aromatic N) is 1. The van der Waals surface area contributed by atoms with Gasteiger partial charge in [0.05, 0.1) is 6.54 Å². The number of carbonyl (C=O) groups excluding carboxylic acids is 1. The molecular weight excluding hydrogens is 226 g/mol. The van der Waals surface area contributed by atoms with Crippen molar-refractivity contribution in [2.75, 3.05) is 19.6 Å². The summed E-state index contributed by atoms with van der Waals surface area (Å²) in [6, 6.07) is 0.629. The van der Waals surface area contributed by atoms with Crippen molar-refractivity contribution in [2.45, 2.75) is 51.6 Å². The Kier molecular flexibility index (Phi) is 4.62. The fourth-order valence-corrected chi connectivity index (χ4v) is 3.25. The summed E-state index contributed by atoms with van der Waals surface area (Å²) >= 11 is 0. The van der Waals surface area contributed by atoms with Gasteiger partial charge in [0.1, 0.15) is 0 Å². The number of carbonyl (C=O) groups is 1. The van der Waals surface area contributed by atoms with Crippen LogP contribution in [0.15, 0.2) is 0 Å². The van der Waals surface area contributed by atoms with Gasteiger partial charge in [0, 0.05) is 25.2 Å². The molecular formula is C14H27N3O. The number of nitrogens with two attached hydrogens (primary N) is 1. The second kappa shape index (κ2) is 6.02. The van der Waals surface area contributed by atoms with Crippen LogP contribution in [-0.2, 0) is 4.79 Å². The van der Waals surface area contributed by atoms with Crippen LogP contribution in [0.3, 0.4) is 0 Å². The van der Waals surface area contributed by atoms with E-state index in [1.54, 1.807) is 0 Å². The van der Waals surface area contributed by atoms with Gasteiger partial charge >= 0.3 is 0 Å². The first-order valence-electron chi connectivity index (χ1n) is 7.33. The smallest absolute Gasteiger partial charge is 0.234 e. The van der Waals surface area contributed by atoms with Crippen LogP contribution >= 0.6 is 0 Å². The average molecular weight is 253 g/mol. The summed E-state index contributed by atoms with van der Waals surface area (Å²) < 4.78 is 0. The molecule has 0 aromatic heterocycles. The maximum atomic E-state index is 12.0. The van der Waals surface area contributed by atoms with Crippen LogP contribution in [0.25, 0.3) is 0 Å². The molecule has 0 radical (unpaired) electrons. The maximum Gasteiger partial charge on any atom is 0.234 e. The minimum absolute atomic E-state index is 0.176. The molecule has 1 saturated heterocycles. The zero-order valence-electron chi connectivity index (χ0n) is 11.7. The lowest BCUT2D eigenvalue weighted by atomic mass is 9.78. The van der Waals surface area contributed by atoms with Crippen LogP contribution in [0, 0.1) is 11.8 Å². The molecule has 0 bridgehead atoms. The molecule has 3 unspecified atom stereocenters. The third-order valence-corrected chi connectivity index (χ3v) is 4.73. The molecule has 4 atom stereocenters. The van der Waals surface area contributed by atoms with Gasteiger partial charge in [0.15, 0.2) is 0 Å². The van der Waals surface area contributed by atoms with E-state index in [0.717, 1.165) is 31.8 Å². The van der Waals surface area contributed by atoms with E-state index >= 15 is 0 Å². The van der Waals surface area contributed by atoms with Gasteiger partial charge < -0.3 is 11.1 Å². The Bertz CT molecular complexity index is 295. The first-order valence-corrected chi connectivity index (χ1v) is 7.33. The Morgan fingerprint density at radius 3 is 2.78 bits per heavy atom.